The van der Waals surface area contributed by atoms with Gasteiger partial charge in [0.05, 0.1) is 18.6 Å². The monoisotopic (exact) mass is 255 g/mol. The van der Waals surface area contributed by atoms with E-state index in [2.05, 4.69) is 46.1 Å². The molecule has 1 fully saturated rings. The van der Waals surface area contributed by atoms with Crippen LogP contribution in [0.4, 0.5) is 5.69 Å². The number of imidazole rings is 1. The number of aryl methyl sites for hydroxylation is 1. The molecule has 1 saturated carbocycles. The van der Waals surface area contributed by atoms with Crippen molar-refractivity contribution in [1.82, 2.24) is 9.55 Å². The van der Waals surface area contributed by atoms with Gasteiger partial charge < -0.3 is 9.88 Å². The summed E-state index contributed by atoms with van der Waals surface area (Å²) in [5.41, 5.74) is 3.95. The van der Waals surface area contributed by atoms with Crippen molar-refractivity contribution >= 4 is 5.69 Å². The van der Waals surface area contributed by atoms with Crippen molar-refractivity contribution in [3.63, 3.8) is 0 Å². The highest BCUT2D eigenvalue weighted by atomic mass is 15.1. The standard InChI is InChI=1S/C16H21N3/c1-2-5-13-6-3-4-7-16(13)18-11-15-10-17-12-19(15)14-8-9-14/h3-4,6-7,10,12,14,18H,2,5,8-9,11H2,1H3. The molecule has 0 saturated heterocycles. The molecule has 0 amide bonds. The number of para-hydroxylation sites is 1. The van der Waals surface area contributed by atoms with Gasteiger partial charge in [0.15, 0.2) is 0 Å². The summed E-state index contributed by atoms with van der Waals surface area (Å²) in [6.45, 7) is 3.08. The first-order valence-corrected chi connectivity index (χ1v) is 7.21. The summed E-state index contributed by atoms with van der Waals surface area (Å²) in [6, 6.07) is 9.29. The smallest absolute Gasteiger partial charge is 0.0951 e. The van der Waals surface area contributed by atoms with Gasteiger partial charge in [-0.05, 0) is 30.9 Å². The first kappa shape index (κ1) is 12.3. The molecule has 0 spiro atoms. The fourth-order valence-electron chi connectivity index (χ4n) is 2.52. The topological polar surface area (TPSA) is 29.9 Å². The number of benzene rings is 1. The van der Waals surface area contributed by atoms with E-state index in [1.165, 1.54) is 36.2 Å². The molecule has 2 aromatic rings. The van der Waals surface area contributed by atoms with E-state index in [9.17, 15) is 0 Å². The van der Waals surface area contributed by atoms with Gasteiger partial charge >= 0.3 is 0 Å². The third-order valence-electron chi connectivity index (χ3n) is 3.68. The van der Waals surface area contributed by atoms with E-state index >= 15 is 0 Å². The number of nitrogens with one attached hydrogen (secondary N) is 1. The van der Waals surface area contributed by atoms with E-state index in [-0.39, 0.29) is 0 Å². The minimum atomic E-state index is 0.699. The van der Waals surface area contributed by atoms with E-state index in [1.54, 1.807) is 0 Å². The number of anilines is 1. The molecule has 100 valence electrons. The van der Waals surface area contributed by atoms with Gasteiger partial charge in [-0.15, -0.1) is 0 Å². The van der Waals surface area contributed by atoms with Crippen molar-refractivity contribution in [3.05, 3.63) is 48.0 Å². The minimum absolute atomic E-state index is 0.699. The highest BCUT2D eigenvalue weighted by Gasteiger charge is 2.24. The second-order valence-corrected chi connectivity index (χ2v) is 5.28. The lowest BCUT2D eigenvalue weighted by atomic mass is 10.1. The Bertz CT molecular complexity index is 540. The fourth-order valence-corrected chi connectivity index (χ4v) is 2.52. The van der Waals surface area contributed by atoms with Crippen LogP contribution < -0.4 is 5.32 Å². The lowest BCUT2D eigenvalue weighted by molar-refractivity contribution is 0.700. The Morgan fingerprint density at radius 2 is 2.16 bits per heavy atom. The van der Waals surface area contributed by atoms with Crippen LogP contribution in [0.3, 0.4) is 0 Å². The van der Waals surface area contributed by atoms with Gasteiger partial charge in [-0.3, -0.25) is 0 Å². The van der Waals surface area contributed by atoms with Crippen LogP contribution in [0.25, 0.3) is 0 Å². The molecule has 0 bridgehead atoms. The van der Waals surface area contributed by atoms with E-state index < -0.39 is 0 Å². The van der Waals surface area contributed by atoms with Crippen molar-refractivity contribution in [2.75, 3.05) is 5.32 Å². The van der Waals surface area contributed by atoms with Crippen LogP contribution in [-0.2, 0) is 13.0 Å². The van der Waals surface area contributed by atoms with Crippen LogP contribution in [0.2, 0.25) is 0 Å². The predicted molar refractivity (Wildman–Crippen MR) is 78.3 cm³/mol. The zero-order valence-electron chi connectivity index (χ0n) is 11.5. The van der Waals surface area contributed by atoms with Gasteiger partial charge in [-0.2, -0.15) is 0 Å². The maximum atomic E-state index is 4.28. The predicted octanol–water partition coefficient (Wildman–Crippen LogP) is 3.78. The number of aromatic nitrogens is 2. The molecule has 1 aliphatic rings. The Balaban J connectivity index is 1.70. The third-order valence-corrected chi connectivity index (χ3v) is 3.68. The normalized spacial score (nSPS) is 14.6. The summed E-state index contributed by atoms with van der Waals surface area (Å²) in [4.78, 5) is 4.28. The van der Waals surface area contributed by atoms with Crippen LogP contribution in [0.15, 0.2) is 36.8 Å². The molecule has 1 aliphatic carbocycles. The van der Waals surface area contributed by atoms with Crippen molar-refractivity contribution in [1.29, 1.82) is 0 Å². The summed E-state index contributed by atoms with van der Waals surface area (Å²) in [5.74, 6) is 0. The third kappa shape index (κ3) is 2.80. The van der Waals surface area contributed by atoms with Gasteiger partial charge in [0, 0.05) is 17.9 Å². The summed E-state index contributed by atoms with van der Waals surface area (Å²) in [5, 5.41) is 3.56. The summed E-state index contributed by atoms with van der Waals surface area (Å²) in [7, 11) is 0. The maximum Gasteiger partial charge on any atom is 0.0951 e. The summed E-state index contributed by atoms with van der Waals surface area (Å²) in [6.07, 6.45) is 8.86. The lowest BCUT2D eigenvalue weighted by Crippen LogP contribution is -2.07. The number of nitrogens with zero attached hydrogens (tertiary/aromatic N) is 2. The highest BCUT2D eigenvalue weighted by Crippen LogP contribution is 2.35. The number of hydrogen-bond donors (Lipinski definition) is 1. The van der Waals surface area contributed by atoms with E-state index in [4.69, 9.17) is 0 Å². The van der Waals surface area contributed by atoms with Crippen LogP contribution in [-0.4, -0.2) is 9.55 Å². The zero-order chi connectivity index (χ0) is 13.1. The molecule has 0 atom stereocenters. The Hall–Kier alpha value is -1.77. The number of rotatable bonds is 6. The second kappa shape index (κ2) is 5.47. The maximum absolute atomic E-state index is 4.28. The summed E-state index contributed by atoms with van der Waals surface area (Å²) >= 11 is 0. The van der Waals surface area contributed by atoms with Crippen LogP contribution in [0.1, 0.15) is 43.5 Å². The Kier molecular flexibility index (Phi) is 3.53. The Morgan fingerprint density at radius 3 is 2.95 bits per heavy atom. The van der Waals surface area contributed by atoms with Crippen molar-refractivity contribution < 1.29 is 0 Å². The molecule has 3 nitrogen and oxygen atoms in total. The molecular weight excluding hydrogens is 234 g/mol. The van der Waals surface area contributed by atoms with Crippen LogP contribution in [0, 0.1) is 0 Å². The molecule has 3 rings (SSSR count). The van der Waals surface area contributed by atoms with Gasteiger partial charge in [0.25, 0.3) is 0 Å². The molecule has 0 aliphatic heterocycles. The highest BCUT2D eigenvalue weighted by molar-refractivity contribution is 5.51. The largest absolute Gasteiger partial charge is 0.379 e. The van der Waals surface area contributed by atoms with Crippen LogP contribution >= 0.6 is 0 Å². The molecule has 1 aromatic heterocycles. The molecular formula is C16H21N3. The molecule has 0 unspecified atom stereocenters. The van der Waals surface area contributed by atoms with Gasteiger partial charge in [0.2, 0.25) is 0 Å². The average molecular weight is 255 g/mol. The molecule has 19 heavy (non-hydrogen) atoms. The summed E-state index contributed by atoms with van der Waals surface area (Å²) < 4.78 is 2.31. The SMILES string of the molecule is CCCc1ccccc1NCc1cncn1C1CC1. The lowest BCUT2D eigenvalue weighted by Gasteiger charge is -2.12. The van der Waals surface area contributed by atoms with Gasteiger partial charge in [-0.25, -0.2) is 4.98 Å². The van der Waals surface area contributed by atoms with Crippen LogP contribution in [0.5, 0.6) is 0 Å². The van der Waals surface area contributed by atoms with Crippen molar-refractivity contribution in [3.8, 4) is 0 Å². The fraction of sp³-hybridized carbons (Fsp3) is 0.438. The first-order valence-electron chi connectivity index (χ1n) is 7.21. The molecule has 0 radical (unpaired) electrons. The zero-order valence-corrected chi connectivity index (χ0v) is 11.5. The molecule has 1 heterocycles. The van der Waals surface area contributed by atoms with E-state index in [0.29, 0.717) is 6.04 Å². The van der Waals surface area contributed by atoms with E-state index in [1.807, 2.05) is 12.5 Å². The molecule has 1 N–H and O–H groups in total. The van der Waals surface area contributed by atoms with E-state index in [0.717, 1.165) is 13.0 Å². The van der Waals surface area contributed by atoms with Crippen molar-refractivity contribution in [2.24, 2.45) is 0 Å². The van der Waals surface area contributed by atoms with Gasteiger partial charge in [-0.1, -0.05) is 31.5 Å². The Morgan fingerprint density at radius 1 is 1.32 bits per heavy atom. The molecule has 1 aromatic carbocycles. The van der Waals surface area contributed by atoms with Gasteiger partial charge in [0.1, 0.15) is 0 Å². The Labute approximate surface area is 114 Å². The quantitative estimate of drug-likeness (QED) is 0.851. The number of hydrogen-bond acceptors (Lipinski definition) is 2. The van der Waals surface area contributed by atoms with Crippen molar-refractivity contribution in [2.45, 2.75) is 45.2 Å². The second-order valence-electron chi connectivity index (χ2n) is 5.28. The average Bonchev–Trinajstić information content (AvgIpc) is 3.17. The first-order chi connectivity index (χ1) is 9.38. The molecule has 3 heteroatoms. The minimum Gasteiger partial charge on any atom is -0.379 e.